The number of anilines is 1. The molecule has 2 N–H and O–H groups in total. The van der Waals surface area contributed by atoms with E-state index in [1.54, 1.807) is 29.5 Å². The van der Waals surface area contributed by atoms with Gasteiger partial charge < -0.3 is 15.2 Å². The number of nitrogens with one attached hydrogen (secondary N) is 2. The first kappa shape index (κ1) is 23.1. The second-order valence-corrected chi connectivity index (χ2v) is 9.93. The van der Waals surface area contributed by atoms with Crippen LogP contribution in [0.1, 0.15) is 47.0 Å². The third kappa shape index (κ3) is 5.22. The van der Waals surface area contributed by atoms with Crippen LogP contribution in [-0.4, -0.2) is 39.4 Å². The Labute approximate surface area is 207 Å². The van der Waals surface area contributed by atoms with Crippen molar-refractivity contribution in [2.45, 2.75) is 38.1 Å². The molecule has 2 aromatic carbocycles. The number of aromatic nitrogens is 2. The number of carbonyl (C=O) groups is 2. The van der Waals surface area contributed by atoms with Gasteiger partial charge in [0.25, 0.3) is 5.91 Å². The molecule has 0 aliphatic carbocycles. The molecule has 0 saturated carbocycles. The highest BCUT2D eigenvalue weighted by Crippen LogP contribution is 2.26. The maximum Gasteiger partial charge on any atom is 0.326 e. The zero-order valence-electron chi connectivity index (χ0n) is 19.4. The van der Waals surface area contributed by atoms with E-state index in [0.29, 0.717) is 43.6 Å². The Morgan fingerprint density at radius 3 is 2.66 bits per heavy atom. The van der Waals surface area contributed by atoms with E-state index in [-0.39, 0.29) is 23.5 Å². The SMILES string of the molecule is O=C(CCCc1cccs1)Nc1cccc(C(=O)N2CCC(n3c(=O)[nH]c4ccccc43)CC2)c1. The molecule has 0 spiro atoms. The number of rotatable bonds is 7. The van der Waals surface area contributed by atoms with Gasteiger partial charge in [-0.25, -0.2) is 4.79 Å². The number of piperidine rings is 1. The van der Waals surface area contributed by atoms with Gasteiger partial charge in [0.1, 0.15) is 0 Å². The third-order valence-corrected chi connectivity index (χ3v) is 7.48. The molecule has 0 radical (unpaired) electrons. The minimum absolute atomic E-state index is 0.0452. The van der Waals surface area contributed by atoms with Crippen LogP contribution in [0.3, 0.4) is 0 Å². The number of likely N-dealkylation sites (tertiary alicyclic amines) is 1. The average Bonchev–Trinajstić information content (AvgIpc) is 3.51. The van der Waals surface area contributed by atoms with Gasteiger partial charge in [-0.3, -0.25) is 14.2 Å². The Bertz CT molecular complexity index is 1380. The van der Waals surface area contributed by atoms with Gasteiger partial charge in [0, 0.05) is 41.7 Å². The Hall–Kier alpha value is -3.65. The Morgan fingerprint density at radius 2 is 1.86 bits per heavy atom. The molecule has 3 heterocycles. The molecule has 0 atom stereocenters. The highest BCUT2D eigenvalue weighted by atomic mass is 32.1. The fourth-order valence-electron chi connectivity index (χ4n) is 4.78. The lowest BCUT2D eigenvalue weighted by molar-refractivity contribution is -0.116. The predicted molar refractivity (Wildman–Crippen MR) is 139 cm³/mol. The summed E-state index contributed by atoms with van der Waals surface area (Å²) < 4.78 is 1.83. The fraction of sp³-hybridized carbons (Fsp3) is 0.296. The summed E-state index contributed by atoms with van der Waals surface area (Å²) in [6.07, 6.45) is 3.56. The molecule has 1 fully saturated rings. The van der Waals surface area contributed by atoms with Gasteiger partial charge >= 0.3 is 5.69 Å². The second-order valence-electron chi connectivity index (χ2n) is 8.90. The van der Waals surface area contributed by atoms with Crippen LogP contribution in [0.15, 0.2) is 70.8 Å². The van der Waals surface area contributed by atoms with Crippen LogP contribution in [0, 0.1) is 0 Å². The summed E-state index contributed by atoms with van der Waals surface area (Å²) in [7, 11) is 0. The third-order valence-electron chi connectivity index (χ3n) is 6.54. The number of hydrogen-bond acceptors (Lipinski definition) is 4. The number of aryl methyl sites for hydroxylation is 1. The Morgan fingerprint density at radius 1 is 1.03 bits per heavy atom. The molecule has 1 aliphatic rings. The summed E-state index contributed by atoms with van der Waals surface area (Å²) in [4.78, 5) is 44.1. The monoisotopic (exact) mass is 488 g/mol. The molecule has 180 valence electrons. The van der Waals surface area contributed by atoms with Crippen LogP contribution < -0.4 is 11.0 Å². The molecular formula is C27H28N4O3S. The van der Waals surface area contributed by atoms with Gasteiger partial charge in [-0.2, -0.15) is 0 Å². The molecule has 2 amide bonds. The number of aromatic amines is 1. The maximum absolute atomic E-state index is 13.2. The number of carbonyl (C=O) groups excluding carboxylic acids is 2. The molecule has 4 aromatic rings. The summed E-state index contributed by atoms with van der Waals surface area (Å²) in [5, 5.41) is 4.97. The van der Waals surface area contributed by atoms with E-state index >= 15 is 0 Å². The van der Waals surface area contributed by atoms with Crippen LogP contribution in [-0.2, 0) is 11.2 Å². The van der Waals surface area contributed by atoms with Gasteiger partial charge in [-0.1, -0.05) is 24.3 Å². The topological polar surface area (TPSA) is 87.2 Å². The summed E-state index contributed by atoms with van der Waals surface area (Å²) in [6, 6.07) is 19.0. The number of para-hydroxylation sites is 2. The highest BCUT2D eigenvalue weighted by molar-refractivity contribution is 7.09. The van der Waals surface area contributed by atoms with Gasteiger partial charge in [-0.05, 0) is 67.5 Å². The number of hydrogen-bond donors (Lipinski definition) is 2. The normalized spacial score (nSPS) is 14.3. The van der Waals surface area contributed by atoms with Crippen molar-refractivity contribution in [2.24, 2.45) is 0 Å². The number of imidazole rings is 1. The number of nitrogens with zero attached hydrogens (tertiary/aromatic N) is 2. The number of fused-ring (bicyclic) bond motifs is 1. The fourth-order valence-corrected chi connectivity index (χ4v) is 5.53. The molecule has 1 aliphatic heterocycles. The van der Waals surface area contributed by atoms with Gasteiger partial charge in [0.05, 0.1) is 11.0 Å². The zero-order chi connectivity index (χ0) is 24.2. The van der Waals surface area contributed by atoms with Gasteiger partial charge in [0.15, 0.2) is 0 Å². The Kier molecular flexibility index (Phi) is 6.81. The van der Waals surface area contributed by atoms with Crippen LogP contribution in [0.5, 0.6) is 0 Å². The van der Waals surface area contributed by atoms with E-state index in [1.807, 2.05) is 51.2 Å². The van der Waals surface area contributed by atoms with Crippen molar-refractivity contribution in [1.82, 2.24) is 14.5 Å². The predicted octanol–water partition coefficient (Wildman–Crippen LogP) is 4.83. The lowest BCUT2D eigenvalue weighted by atomic mass is 10.0. The van der Waals surface area contributed by atoms with E-state index in [0.717, 1.165) is 23.9 Å². The van der Waals surface area contributed by atoms with Crippen molar-refractivity contribution in [3.63, 3.8) is 0 Å². The number of thiophene rings is 1. The van der Waals surface area contributed by atoms with Crippen molar-refractivity contribution < 1.29 is 9.59 Å². The molecule has 35 heavy (non-hydrogen) atoms. The lowest BCUT2D eigenvalue weighted by Gasteiger charge is -2.32. The molecule has 8 heteroatoms. The molecular weight excluding hydrogens is 460 g/mol. The summed E-state index contributed by atoms with van der Waals surface area (Å²) in [5.41, 5.74) is 2.83. The van der Waals surface area contributed by atoms with Crippen molar-refractivity contribution >= 4 is 39.9 Å². The van der Waals surface area contributed by atoms with Crippen molar-refractivity contribution in [2.75, 3.05) is 18.4 Å². The molecule has 7 nitrogen and oxygen atoms in total. The van der Waals surface area contributed by atoms with Crippen molar-refractivity contribution in [3.8, 4) is 0 Å². The highest BCUT2D eigenvalue weighted by Gasteiger charge is 2.26. The lowest BCUT2D eigenvalue weighted by Crippen LogP contribution is -2.40. The first-order valence-electron chi connectivity index (χ1n) is 12.0. The first-order valence-corrected chi connectivity index (χ1v) is 12.9. The van der Waals surface area contributed by atoms with E-state index in [2.05, 4.69) is 16.4 Å². The number of amides is 2. The van der Waals surface area contributed by atoms with Crippen molar-refractivity contribution in [3.05, 3.63) is 87.0 Å². The summed E-state index contributed by atoms with van der Waals surface area (Å²) in [5.74, 6) is -0.0975. The smallest absolute Gasteiger partial charge is 0.326 e. The molecule has 5 rings (SSSR count). The van der Waals surface area contributed by atoms with Crippen LogP contribution in [0.4, 0.5) is 5.69 Å². The van der Waals surface area contributed by atoms with Crippen LogP contribution in [0.2, 0.25) is 0 Å². The molecule has 2 aromatic heterocycles. The maximum atomic E-state index is 13.2. The van der Waals surface area contributed by atoms with Gasteiger partial charge in [-0.15, -0.1) is 11.3 Å². The number of H-pyrrole nitrogens is 1. The van der Waals surface area contributed by atoms with Gasteiger partial charge in [0.2, 0.25) is 5.91 Å². The minimum atomic E-state index is -0.102. The van der Waals surface area contributed by atoms with Crippen molar-refractivity contribution in [1.29, 1.82) is 0 Å². The molecule has 0 unspecified atom stereocenters. The standard InChI is InChI=1S/C27H28N4O3S/c32-25(12-4-8-22-9-5-17-35-22)28-20-7-3-6-19(18-20)26(33)30-15-13-21(14-16-30)31-24-11-2-1-10-23(24)29-27(31)34/h1-3,5-7,9-11,17-18,21H,4,8,12-16H2,(H,28,32)(H,29,34). The minimum Gasteiger partial charge on any atom is -0.338 e. The largest absolute Gasteiger partial charge is 0.338 e. The second kappa shape index (κ2) is 10.3. The van der Waals surface area contributed by atoms with Crippen LogP contribution >= 0.6 is 11.3 Å². The van der Waals surface area contributed by atoms with E-state index < -0.39 is 0 Å². The quantitative estimate of drug-likeness (QED) is 0.391. The Balaban J connectivity index is 1.17. The zero-order valence-corrected chi connectivity index (χ0v) is 20.2. The molecule has 0 bridgehead atoms. The first-order chi connectivity index (χ1) is 17.1. The summed E-state index contributed by atoms with van der Waals surface area (Å²) >= 11 is 1.71. The molecule has 1 saturated heterocycles. The van der Waals surface area contributed by atoms with Crippen LogP contribution in [0.25, 0.3) is 11.0 Å². The van der Waals surface area contributed by atoms with E-state index in [4.69, 9.17) is 0 Å². The van der Waals surface area contributed by atoms with E-state index in [1.165, 1.54) is 4.88 Å². The van der Waals surface area contributed by atoms with E-state index in [9.17, 15) is 14.4 Å². The number of benzene rings is 2. The summed E-state index contributed by atoms with van der Waals surface area (Å²) in [6.45, 7) is 1.16. The average molecular weight is 489 g/mol.